The summed E-state index contributed by atoms with van der Waals surface area (Å²) in [5, 5.41) is 5.27. The SMILES string of the molecule is CC(C)(C)OC(=O)NC[C@H]1OC[C@H](Nc2nc(C(F)(F)F)ccc2F)[C@H]2OC(C)(C)O[C@H]21. The van der Waals surface area contributed by atoms with Crippen molar-refractivity contribution >= 4 is 11.9 Å². The van der Waals surface area contributed by atoms with E-state index in [2.05, 4.69) is 15.6 Å². The average Bonchev–Trinajstić information content (AvgIpc) is 2.96. The zero-order valence-electron chi connectivity index (χ0n) is 18.4. The van der Waals surface area contributed by atoms with Crippen LogP contribution in [-0.2, 0) is 25.1 Å². The van der Waals surface area contributed by atoms with E-state index in [0.29, 0.717) is 12.1 Å². The van der Waals surface area contributed by atoms with Crippen LogP contribution in [-0.4, -0.2) is 60.0 Å². The lowest BCUT2D eigenvalue weighted by Crippen LogP contribution is -2.57. The average molecular weight is 465 g/mol. The first-order valence-corrected chi connectivity index (χ1v) is 10.1. The second kappa shape index (κ2) is 8.64. The number of amides is 1. The second-order valence-corrected chi connectivity index (χ2v) is 9.09. The van der Waals surface area contributed by atoms with Crippen molar-refractivity contribution in [1.82, 2.24) is 10.3 Å². The normalized spacial score (nSPS) is 27.5. The minimum Gasteiger partial charge on any atom is -0.444 e. The summed E-state index contributed by atoms with van der Waals surface area (Å²) in [7, 11) is 0. The van der Waals surface area contributed by atoms with E-state index in [1.165, 1.54) is 0 Å². The number of carbonyl (C=O) groups is 1. The number of ether oxygens (including phenoxy) is 4. The Balaban J connectivity index is 1.72. The van der Waals surface area contributed by atoms with Crippen LogP contribution in [0.2, 0.25) is 0 Å². The molecule has 32 heavy (non-hydrogen) atoms. The summed E-state index contributed by atoms with van der Waals surface area (Å²) in [6, 6.07) is 0.519. The molecule has 2 aliphatic rings. The molecule has 3 rings (SSSR count). The lowest BCUT2D eigenvalue weighted by Gasteiger charge is -2.37. The van der Waals surface area contributed by atoms with Crippen molar-refractivity contribution in [2.24, 2.45) is 0 Å². The third kappa shape index (κ3) is 5.99. The number of rotatable bonds is 4. The summed E-state index contributed by atoms with van der Waals surface area (Å²) in [4.78, 5) is 15.3. The van der Waals surface area contributed by atoms with Gasteiger partial charge in [0, 0.05) is 6.54 Å². The summed E-state index contributed by atoms with van der Waals surface area (Å²) in [5.74, 6) is -2.53. The number of nitrogens with one attached hydrogen (secondary N) is 2. The molecule has 0 aliphatic carbocycles. The van der Waals surface area contributed by atoms with Gasteiger partial charge in [0.05, 0.1) is 12.6 Å². The van der Waals surface area contributed by atoms with Gasteiger partial charge in [-0.1, -0.05) is 0 Å². The molecule has 1 amide bonds. The van der Waals surface area contributed by atoms with Crippen LogP contribution in [0.5, 0.6) is 0 Å². The highest BCUT2D eigenvalue weighted by atomic mass is 19.4. The molecule has 1 aromatic rings. The van der Waals surface area contributed by atoms with Gasteiger partial charge in [-0.05, 0) is 46.8 Å². The molecule has 0 aromatic carbocycles. The van der Waals surface area contributed by atoms with Gasteiger partial charge < -0.3 is 29.6 Å². The molecule has 2 saturated heterocycles. The molecule has 0 unspecified atom stereocenters. The third-order valence-corrected chi connectivity index (χ3v) is 4.72. The summed E-state index contributed by atoms with van der Waals surface area (Å²) in [6.45, 7) is 8.54. The first-order chi connectivity index (χ1) is 14.6. The zero-order chi connectivity index (χ0) is 23.9. The first-order valence-electron chi connectivity index (χ1n) is 10.1. The quantitative estimate of drug-likeness (QED) is 0.658. The molecule has 2 N–H and O–H groups in total. The molecular weight excluding hydrogens is 438 g/mol. The van der Waals surface area contributed by atoms with Gasteiger partial charge >= 0.3 is 12.3 Å². The third-order valence-electron chi connectivity index (χ3n) is 4.72. The summed E-state index contributed by atoms with van der Waals surface area (Å²) >= 11 is 0. The van der Waals surface area contributed by atoms with Gasteiger partial charge in [-0.25, -0.2) is 14.2 Å². The number of aromatic nitrogens is 1. The van der Waals surface area contributed by atoms with Gasteiger partial charge in [-0.2, -0.15) is 13.2 Å². The number of carbonyl (C=O) groups excluding carboxylic acids is 1. The number of hydrogen-bond acceptors (Lipinski definition) is 7. The Hall–Kier alpha value is -2.18. The van der Waals surface area contributed by atoms with E-state index in [4.69, 9.17) is 18.9 Å². The maximum Gasteiger partial charge on any atom is 0.433 e. The Morgan fingerprint density at radius 2 is 1.88 bits per heavy atom. The fraction of sp³-hybridized carbons (Fsp3) is 0.700. The highest BCUT2D eigenvalue weighted by Gasteiger charge is 2.52. The molecular formula is C20H27F4N3O5. The molecule has 3 heterocycles. The van der Waals surface area contributed by atoms with E-state index in [0.717, 1.165) is 0 Å². The second-order valence-electron chi connectivity index (χ2n) is 9.09. The Morgan fingerprint density at radius 3 is 2.50 bits per heavy atom. The van der Waals surface area contributed by atoms with Crippen LogP contribution >= 0.6 is 0 Å². The van der Waals surface area contributed by atoms with Crippen LogP contribution in [0.4, 0.5) is 28.2 Å². The van der Waals surface area contributed by atoms with Crippen molar-refractivity contribution < 1.29 is 41.3 Å². The first kappa shape index (κ1) is 24.5. The van der Waals surface area contributed by atoms with Crippen LogP contribution in [0, 0.1) is 5.82 Å². The largest absolute Gasteiger partial charge is 0.444 e. The van der Waals surface area contributed by atoms with E-state index in [1.807, 2.05) is 0 Å². The molecule has 180 valence electrons. The molecule has 1 aromatic heterocycles. The summed E-state index contributed by atoms with van der Waals surface area (Å²) < 4.78 is 75.9. The van der Waals surface area contributed by atoms with Crippen LogP contribution in [0.25, 0.3) is 0 Å². The Bertz CT molecular complexity index is 844. The molecule has 0 radical (unpaired) electrons. The molecule has 4 atom stereocenters. The van der Waals surface area contributed by atoms with Gasteiger partial charge in [0.2, 0.25) is 0 Å². The van der Waals surface area contributed by atoms with E-state index in [1.54, 1.807) is 34.6 Å². The number of alkyl carbamates (subject to hydrolysis) is 1. The molecule has 2 fully saturated rings. The molecule has 8 nitrogen and oxygen atoms in total. The fourth-order valence-electron chi connectivity index (χ4n) is 3.51. The maximum absolute atomic E-state index is 14.2. The Kier molecular flexibility index (Phi) is 6.60. The number of halogens is 4. The van der Waals surface area contributed by atoms with Gasteiger partial charge in [0.15, 0.2) is 17.4 Å². The van der Waals surface area contributed by atoms with Crippen LogP contribution in [0.3, 0.4) is 0 Å². The number of hydrogen-bond donors (Lipinski definition) is 2. The minimum absolute atomic E-state index is 0.0430. The number of nitrogens with zero attached hydrogens (tertiary/aromatic N) is 1. The van der Waals surface area contributed by atoms with Crippen molar-refractivity contribution in [3.8, 4) is 0 Å². The molecule has 0 bridgehead atoms. The molecule has 12 heteroatoms. The van der Waals surface area contributed by atoms with Gasteiger partial charge in [0.1, 0.15) is 29.6 Å². The van der Waals surface area contributed by atoms with Gasteiger partial charge in [-0.15, -0.1) is 0 Å². The van der Waals surface area contributed by atoms with Crippen molar-refractivity contribution in [3.05, 3.63) is 23.6 Å². The van der Waals surface area contributed by atoms with E-state index in [-0.39, 0.29) is 13.2 Å². The van der Waals surface area contributed by atoms with E-state index in [9.17, 15) is 22.4 Å². The molecule has 2 aliphatic heterocycles. The predicted molar refractivity (Wildman–Crippen MR) is 104 cm³/mol. The van der Waals surface area contributed by atoms with E-state index >= 15 is 0 Å². The lowest BCUT2D eigenvalue weighted by atomic mass is 9.98. The molecule has 0 saturated carbocycles. The summed E-state index contributed by atoms with van der Waals surface area (Å²) in [5.41, 5.74) is -1.90. The monoisotopic (exact) mass is 465 g/mol. The highest BCUT2D eigenvalue weighted by Crippen LogP contribution is 2.37. The van der Waals surface area contributed by atoms with Crippen molar-refractivity contribution in [2.75, 3.05) is 18.5 Å². The number of fused-ring (bicyclic) bond motifs is 1. The Morgan fingerprint density at radius 1 is 1.22 bits per heavy atom. The topological polar surface area (TPSA) is 90.9 Å². The fourth-order valence-corrected chi connectivity index (χ4v) is 3.51. The maximum atomic E-state index is 14.2. The summed E-state index contributed by atoms with van der Waals surface area (Å²) in [6.07, 6.45) is -7.35. The van der Waals surface area contributed by atoms with Crippen molar-refractivity contribution in [3.63, 3.8) is 0 Å². The number of alkyl halides is 3. The van der Waals surface area contributed by atoms with Gasteiger partial charge in [-0.3, -0.25) is 0 Å². The van der Waals surface area contributed by atoms with Crippen molar-refractivity contribution in [2.45, 2.75) is 76.5 Å². The lowest BCUT2D eigenvalue weighted by molar-refractivity contribution is -0.153. The van der Waals surface area contributed by atoms with Crippen LogP contribution in [0.15, 0.2) is 12.1 Å². The van der Waals surface area contributed by atoms with Crippen molar-refractivity contribution in [1.29, 1.82) is 0 Å². The highest BCUT2D eigenvalue weighted by molar-refractivity contribution is 5.67. The number of pyridine rings is 1. The van der Waals surface area contributed by atoms with E-state index < -0.39 is 65.3 Å². The van der Waals surface area contributed by atoms with Crippen LogP contribution in [0.1, 0.15) is 40.3 Å². The standard InChI is InChI=1S/C20H27F4N3O5/c1-18(2,3)32-17(28)25-8-12-15-14(30-19(4,5)31-15)11(9-29-12)26-16-10(21)6-7-13(27-16)20(22,23)24/h6-7,11-12,14-15H,8-9H2,1-5H3,(H,25,28)(H,26,27)/t11-,12+,14+,15-/m0/s1. The van der Waals surface area contributed by atoms with Crippen LogP contribution < -0.4 is 10.6 Å². The molecule has 0 spiro atoms. The number of anilines is 1. The Labute approximate surface area is 182 Å². The predicted octanol–water partition coefficient (Wildman–Crippen LogP) is 3.46. The smallest absolute Gasteiger partial charge is 0.433 e. The van der Waals surface area contributed by atoms with Gasteiger partial charge in [0.25, 0.3) is 0 Å². The zero-order valence-corrected chi connectivity index (χ0v) is 18.4. The minimum atomic E-state index is -4.72.